The maximum atomic E-state index is 12.3. The van der Waals surface area contributed by atoms with Crippen LogP contribution in [0.4, 0.5) is 5.69 Å². The van der Waals surface area contributed by atoms with Crippen LogP contribution in [0.2, 0.25) is 10.0 Å². The quantitative estimate of drug-likeness (QED) is 0.534. The monoisotopic (exact) mass is 402 g/mol. The average molecular weight is 403 g/mol. The summed E-state index contributed by atoms with van der Waals surface area (Å²) >= 11 is 11.8. The molecular formula is C20H16Cl2N2O3. The number of ether oxygens (including phenoxy) is 1. The van der Waals surface area contributed by atoms with E-state index < -0.39 is 17.6 Å². The fraction of sp³-hybridized carbons (Fsp3) is 0.150. The summed E-state index contributed by atoms with van der Waals surface area (Å²) in [6.45, 7) is 2.45. The zero-order chi connectivity index (χ0) is 19.8. The Balaban J connectivity index is 2.05. The number of amides is 1. The molecule has 0 spiro atoms. The number of allylic oxidation sites excluding steroid dienone is 1. The Labute approximate surface area is 167 Å². The first-order valence-corrected chi connectivity index (χ1v) is 8.80. The topological polar surface area (TPSA) is 79.2 Å². The summed E-state index contributed by atoms with van der Waals surface area (Å²) in [7, 11) is 0. The average Bonchev–Trinajstić information content (AvgIpc) is 2.64. The molecule has 2 rings (SSSR count). The molecule has 27 heavy (non-hydrogen) atoms. The molecule has 138 valence electrons. The van der Waals surface area contributed by atoms with Gasteiger partial charge in [0.25, 0.3) is 0 Å². The Morgan fingerprint density at radius 3 is 2.52 bits per heavy atom. The number of benzene rings is 2. The molecule has 0 saturated carbocycles. The maximum Gasteiger partial charge on any atom is 0.249 e. The van der Waals surface area contributed by atoms with Gasteiger partial charge in [-0.3, -0.25) is 9.59 Å². The van der Waals surface area contributed by atoms with Crippen LogP contribution in [0.3, 0.4) is 0 Å². The van der Waals surface area contributed by atoms with Gasteiger partial charge >= 0.3 is 0 Å². The summed E-state index contributed by atoms with van der Waals surface area (Å²) in [4.78, 5) is 24.5. The molecule has 0 aromatic heterocycles. The van der Waals surface area contributed by atoms with Crippen molar-refractivity contribution in [2.24, 2.45) is 5.92 Å². The number of rotatable bonds is 7. The highest BCUT2D eigenvalue weighted by Crippen LogP contribution is 2.25. The summed E-state index contributed by atoms with van der Waals surface area (Å²) in [5.74, 6) is -2.16. The Kier molecular flexibility index (Phi) is 7.42. The van der Waals surface area contributed by atoms with E-state index in [0.717, 1.165) is 11.3 Å². The molecule has 2 aromatic rings. The fourth-order valence-electron chi connectivity index (χ4n) is 2.16. The number of nitrogens with zero attached hydrogens (tertiary/aromatic N) is 1. The third kappa shape index (κ3) is 5.85. The Morgan fingerprint density at radius 1 is 1.22 bits per heavy atom. The molecule has 0 saturated heterocycles. The summed E-state index contributed by atoms with van der Waals surface area (Å²) in [6, 6.07) is 13.3. The molecule has 0 heterocycles. The number of hydrogen-bond acceptors (Lipinski definition) is 4. The standard InChI is InChI=1S/C20H16Cl2N2O3/c1-2-27-15-7-3-13(4-8-15)5-10-19(25)16(12-23)20(26)24-18-9-6-14(21)11-17(18)22/h3-11,16H,2H2,1H3,(H,24,26)/b10-5+. The third-order valence-corrected chi connectivity index (χ3v) is 4.04. The van der Waals surface area contributed by atoms with Crippen LogP contribution in [0.25, 0.3) is 6.08 Å². The van der Waals surface area contributed by atoms with E-state index in [9.17, 15) is 14.9 Å². The van der Waals surface area contributed by atoms with Crippen molar-refractivity contribution in [3.63, 3.8) is 0 Å². The van der Waals surface area contributed by atoms with Crippen LogP contribution < -0.4 is 10.1 Å². The highest BCUT2D eigenvalue weighted by Gasteiger charge is 2.25. The van der Waals surface area contributed by atoms with Gasteiger partial charge in [0.05, 0.1) is 23.4 Å². The van der Waals surface area contributed by atoms with Crippen LogP contribution in [0.1, 0.15) is 12.5 Å². The molecule has 0 bridgehead atoms. The molecule has 7 heteroatoms. The van der Waals surface area contributed by atoms with Crippen LogP contribution in [-0.4, -0.2) is 18.3 Å². The van der Waals surface area contributed by atoms with Crippen LogP contribution in [0.5, 0.6) is 5.75 Å². The predicted molar refractivity (Wildman–Crippen MR) is 106 cm³/mol. The second kappa shape index (κ2) is 9.77. The van der Waals surface area contributed by atoms with Crippen LogP contribution in [0.15, 0.2) is 48.5 Å². The second-order valence-electron chi connectivity index (χ2n) is 5.41. The van der Waals surface area contributed by atoms with Gasteiger partial charge < -0.3 is 10.1 Å². The number of ketones is 1. The molecule has 1 amide bonds. The zero-order valence-electron chi connectivity index (χ0n) is 14.4. The molecule has 1 atom stereocenters. The third-order valence-electron chi connectivity index (χ3n) is 3.50. The van der Waals surface area contributed by atoms with Gasteiger partial charge in [-0.15, -0.1) is 0 Å². The van der Waals surface area contributed by atoms with E-state index in [1.54, 1.807) is 30.3 Å². The lowest BCUT2D eigenvalue weighted by Gasteiger charge is -2.09. The molecule has 0 aliphatic heterocycles. The van der Waals surface area contributed by atoms with Gasteiger partial charge in [0.1, 0.15) is 5.75 Å². The summed E-state index contributed by atoms with van der Waals surface area (Å²) in [5.41, 5.74) is 1.01. The normalized spacial score (nSPS) is 11.6. The van der Waals surface area contributed by atoms with Crippen molar-refractivity contribution in [2.75, 3.05) is 11.9 Å². The van der Waals surface area contributed by atoms with Gasteiger partial charge in [-0.25, -0.2) is 0 Å². The minimum absolute atomic E-state index is 0.213. The van der Waals surface area contributed by atoms with Crippen LogP contribution in [0, 0.1) is 17.2 Å². The van der Waals surface area contributed by atoms with Gasteiger partial charge in [0.15, 0.2) is 11.7 Å². The highest BCUT2D eigenvalue weighted by molar-refractivity contribution is 6.36. The van der Waals surface area contributed by atoms with Crippen molar-refractivity contribution in [1.29, 1.82) is 5.26 Å². The lowest BCUT2D eigenvalue weighted by molar-refractivity contribution is -0.126. The summed E-state index contributed by atoms with van der Waals surface area (Å²) in [6.07, 6.45) is 2.73. The minimum Gasteiger partial charge on any atom is -0.494 e. The Morgan fingerprint density at radius 2 is 1.93 bits per heavy atom. The van der Waals surface area contributed by atoms with Gasteiger partial charge in [-0.1, -0.05) is 41.4 Å². The van der Waals surface area contributed by atoms with Crippen molar-refractivity contribution in [1.82, 2.24) is 0 Å². The van der Waals surface area contributed by atoms with Crippen molar-refractivity contribution < 1.29 is 14.3 Å². The van der Waals surface area contributed by atoms with E-state index in [2.05, 4.69) is 5.32 Å². The van der Waals surface area contributed by atoms with Crippen molar-refractivity contribution in [3.05, 3.63) is 64.1 Å². The van der Waals surface area contributed by atoms with E-state index in [4.69, 9.17) is 27.9 Å². The van der Waals surface area contributed by atoms with Gasteiger partial charge in [0, 0.05) is 5.02 Å². The van der Waals surface area contributed by atoms with E-state index in [1.807, 2.05) is 6.92 Å². The van der Waals surface area contributed by atoms with E-state index >= 15 is 0 Å². The van der Waals surface area contributed by atoms with Crippen LogP contribution in [-0.2, 0) is 9.59 Å². The number of carbonyl (C=O) groups excluding carboxylic acids is 2. The number of nitriles is 1. The van der Waals surface area contributed by atoms with E-state index in [-0.39, 0.29) is 10.7 Å². The lowest BCUT2D eigenvalue weighted by atomic mass is 10.0. The first-order chi connectivity index (χ1) is 12.9. The Hall–Kier alpha value is -2.81. The number of anilines is 1. The largest absolute Gasteiger partial charge is 0.494 e. The van der Waals surface area contributed by atoms with Gasteiger partial charge in [-0.05, 0) is 48.9 Å². The molecule has 0 aliphatic rings. The van der Waals surface area contributed by atoms with Crippen LogP contribution >= 0.6 is 23.2 Å². The fourth-order valence-corrected chi connectivity index (χ4v) is 2.62. The molecular weight excluding hydrogens is 387 g/mol. The number of carbonyl (C=O) groups is 2. The minimum atomic E-state index is -1.49. The molecule has 0 fully saturated rings. The zero-order valence-corrected chi connectivity index (χ0v) is 15.9. The Bertz CT molecular complexity index is 902. The first-order valence-electron chi connectivity index (χ1n) is 8.05. The van der Waals surface area contributed by atoms with Crippen molar-refractivity contribution in [2.45, 2.75) is 6.92 Å². The van der Waals surface area contributed by atoms with Gasteiger partial charge in [-0.2, -0.15) is 5.26 Å². The van der Waals surface area contributed by atoms with E-state index in [0.29, 0.717) is 11.6 Å². The molecule has 0 radical (unpaired) electrons. The molecule has 2 aromatic carbocycles. The lowest BCUT2D eigenvalue weighted by Crippen LogP contribution is -2.27. The molecule has 1 N–H and O–H groups in total. The smallest absolute Gasteiger partial charge is 0.249 e. The molecule has 5 nitrogen and oxygen atoms in total. The summed E-state index contributed by atoms with van der Waals surface area (Å²) < 4.78 is 5.34. The maximum absolute atomic E-state index is 12.3. The number of nitrogens with one attached hydrogen (secondary N) is 1. The summed E-state index contributed by atoms with van der Waals surface area (Å²) in [5, 5.41) is 12.3. The van der Waals surface area contributed by atoms with Crippen molar-refractivity contribution in [3.8, 4) is 11.8 Å². The highest BCUT2D eigenvalue weighted by atomic mass is 35.5. The predicted octanol–water partition coefficient (Wildman–Crippen LogP) is 4.75. The van der Waals surface area contributed by atoms with E-state index in [1.165, 1.54) is 30.4 Å². The first kappa shape index (κ1) is 20.5. The SMILES string of the molecule is CCOc1ccc(/C=C/C(=O)C(C#N)C(=O)Nc2ccc(Cl)cc2Cl)cc1. The molecule has 1 unspecified atom stereocenters. The molecule has 0 aliphatic carbocycles. The van der Waals surface area contributed by atoms with Gasteiger partial charge in [0.2, 0.25) is 5.91 Å². The second-order valence-corrected chi connectivity index (χ2v) is 6.26. The number of hydrogen-bond donors (Lipinski definition) is 1. The van der Waals surface area contributed by atoms with Crippen molar-refractivity contribution >= 4 is 46.7 Å². The number of halogens is 2.